The standard InChI is InChI=1S/C8H12N2O4S/c11-8-9-7(14-10-8)5-6-3-1-2-4-15(6,12)13/h6H,1-5H2,(H,10,11). The van der Waals surface area contributed by atoms with E-state index in [1.165, 1.54) is 0 Å². The lowest BCUT2D eigenvalue weighted by molar-refractivity contribution is 0.368. The first-order chi connectivity index (χ1) is 7.08. The summed E-state index contributed by atoms with van der Waals surface area (Å²) in [6, 6.07) is 0. The van der Waals surface area contributed by atoms with Crippen LogP contribution in [0.3, 0.4) is 0 Å². The van der Waals surface area contributed by atoms with Gasteiger partial charge in [0.1, 0.15) is 0 Å². The molecule has 0 aromatic carbocycles. The summed E-state index contributed by atoms with van der Waals surface area (Å²) in [5.74, 6) is 0.405. The third kappa shape index (κ3) is 2.28. The minimum absolute atomic E-state index is 0.176. The highest BCUT2D eigenvalue weighted by molar-refractivity contribution is 7.92. The first-order valence-electron chi connectivity index (χ1n) is 4.84. The Bertz CT molecular complexity index is 487. The minimum Gasteiger partial charge on any atom is -0.362 e. The Morgan fingerprint density at radius 1 is 1.47 bits per heavy atom. The highest BCUT2D eigenvalue weighted by atomic mass is 32.2. The molecule has 0 saturated carbocycles. The molecule has 7 heteroatoms. The van der Waals surface area contributed by atoms with E-state index in [-0.39, 0.29) is 18.1 Å². The smallest absolute Gasteiger partial charge is 0.362 e. The topological polar surface area (TPSA) is 93.0 Å². The van der Waals surface area contributed by atoms with Crippen molar-refractivity contribution in [3.05, 3.63) is 16.4 Å². The van der Waals surface area contributed by atoms with Gasteiger partial charge in [-0.2, -0.15) is 10.1 Å². The normalized spacial score (nSPS) is 25.2. The summed E-state index contributed by atoms with van der Waals surface area (Å²) in [6.07, 6.45) is 2.45. The van der Waals surface area contributed by atoms with E-state index < -0.39 is 20.8 Å². The number of sulfone groups is 1. The molecule has 0 aliphatic carbocycles. The SMILES string of the molecule is O=c1nc(CC2CCCCS2(=O)=O)o[nH]1. The molecule has 15 heavy (non-hydrogen) atoms. The van der Waals surface area contributed by atoms with Crippen molar-refractivity contribution in [3.63, 3.8) is 0 Å². The molecule has 0 bridgehead atoms. The van der Waals surface area contributed by atoms with Crippen LogP contribution in [0.1, 0.15) is 25.2 Å². The maximum atomic E-state index is 11.6. The number of aromatic amines is 1. The second kappa shape index (κ2) is 3.80. The molecular weight excluding hydrogens is 220 g/mol. The molecule has 6 nitrogen and oxygen atoms in total. The predicted molar refractivity (Wildman–Crippen MR) is 52.3 cm³/mol. The number of aromatic nitrogens is 2. The Kier molecular flexibility index (Phi) is 2.64. The zero-order chi connectivity index (χ0) is 10.9. The summed E-state index contributed by atoms with van der Waals surface area (Å²) < 4.78 is 28.0. The van der Waals surface area contributed by atoms with Crippen molar-refractivity contribution >= 4 is 9.84 Å². The van der Waals surface area contributed by atoms with E-state index in [9.17, 15) is 13.2 Å². The van der Waals surface area contributed by atoms with Crippen molar-refractivity contribution < 1.29 is 12.9 Å². The van der Waals surface area contributed by atoms with Gasteiger partial charge in [-0.05, 0) is 12.8 Å². The van der Waals surface area contributed by atoms with Gasteiger partial charge in [-0.15, -0.1) is 0 Å². The van der Waals surface area contributed by atoms with Crippen LogP contribution in [-0.4, -0.2) is 29.6 Å². The molecule has 1 aromatic heterocycles. The molecule has 1 saturated heterocycles. The van der Waals surface area contributed by atoms with Crippen LogP contribution in [0, 0.1) is 0 Å². The van der Waals surface area contributed by atoms with E-state index in [1.807, 2.05) is 5.16 Å². The second-order valence-corrected chi connectivity index (χ2v) is 6.10. The quantitative estimate of drug-likeness (QED) is 0.766. The minimum atomic E-state index is -3.03. The molecule has 2 heterocycles. The van der Waals surface area contributed by atoms with E-state index in [0.29, 0.717) is 6.42 Å². The van der Waals surface area contributed by atoms with Crippen molar-refractivity contribution in [2.24, 2.45) is 0 Å². The van der Waals surface area contributed by atoms with Gasteiger partial charge in [0, 0.05) is 6.42 Å². The summed E-state index contributed by atoms with van der Waals surface area (Å²) in [4.78, 5) is 14.2. The van der Waals surface area contributed by atoms with Crippen LogP contribution in [0.5, 0.6) is 0 Å². The monoisotopic (exact) mass is 232 g/mol. The lowest BCUT2D eigenvalue weighted by atomic mass is 10.1. The lowest BCUT2D eigenvalue weighted by Crippen LogP contribution is -2.30. The number of rotatable bonds is 2. The lowest BCUT2D eigenvalue weighted by Gasteiger charge is -2.20. The average molecular weight is 232 g/mol. The van der Waals surface area contributed by atoms with Crippen LogP contribution in [0.4, 0.5) is 0 Å². The molecular formula is C8H12N2O4S. The third-order valence-electron chi connectivity index (χ3n) is 2.60. The van der Waals surface area contributed by atoms with Crippen LogP contribution in [0.15, 0.2) is 9.32 Å². The first kappa shape index (κ1) is 10.4. The highest BCUT2D eigenvalue weighted by Gasteiger charge is 2.30. The fourth-order valence-electron chi connectivity index (χ4n) is 1.79. The third-order valence-corrected chi connectivity index (χ3v) is 4.87. The summed E-state index contributed by atoms with van der Waals surface area (Å²) in [5.41, 5.74) is -0.571. The number of hydrogen-bond donors (Lipinski definition) is 1. The molecule has 1 aliphatic rings. The number of H-pyrrole nitrogens is 1. The molecule has 1 fully saturated rings. The van der Waals surface area contributed by atoms with Crippen LogP contribution in [0.2, 0.25) is 0 Å². The Balaban J connectivity index is 2.14. The van der Waals surface area contributed by atoms with Gasteiger partial charge in [-0.25, -0.2) is 13.2 Å². The van der Waals surface area contributed by atoms with Gasteiger partial charge < -0.3 is 4.52 Å². The molecule has 1 aromatic rings. The van der Waals surface area contributed by atoms with Gasteiger partial charge >= 0.3 is 5.69 Å². The molecule has 2 rings (SSSR count). The highest BCUT2D eigenvalue weighted by Crippen LogP contribution is 2.21. The first-order valence-corrected chi connectivity index (χ1v) is 6.55. The Hall–Kier alpha value is -1.11. The predicted octanol–water partition coefficient (Wildman–Crippen LogP) is -0.127. The van der Waals surface area contributed by atoms with Crippen molar-refractivity contribution in [3.8, 4) is 0 Å². The van der Waals surface area contributed by atoms with Crippen molar-refractivity contribution in [2.45, 2.75) is 30.9 Å². The Morgan fingerprint density at radius 2 is 2.27 bits per heavy atom. The zero-order valence-corrected chi connectivity index (χ0v) is 8.92. The number of nitrogens with one attached hydrogen (secondary N) is 1. The Morgan fingerprint density at radius 3 is 2.87 bits per heavy atom. The molecule has 0 spiro atoms. The molecule has 1 N–H and O–H groups in total. The van der Waals surface area contributed by atoms with Gasteiger partial charge in [0.05, 0.1) is 11.0 Å². The fraction of sp³-hybridized carbons (Fsp3) is 0.750. The Labute approximate surface area is 86.6 Å². The summed E-state index contributed by atoms with van der Waals surface area (Å²) in [6.45, 7) is 0. The van der Waals surface area contributed by atoms with Crippen LogP contribution in [0.25, 0.3) is 0 Å². The van der Waals surface area contributed by atoms with Crippen molar-refractivity contribution in [1.29, 1.82) is 0 Å². The van der Waals surface area contributed by atoms with Crippen LogP contribution < -0.4 is 5.69 Å². The zero-order valence-electron chi connectivity index (χ0n) is 8.10. The summed E-state index contributed by atoms with van der Waals surface area (Å²) >= 11 is 0. The fourth-order valence-corrected chi connectivity index (χ4v) is 3.66. The van der Waals surface area contributed by atoms with Crippen LogP contribution in [-0.2, 0) is 16.3 Å². The van der Waals surface area contributed by atoms with Crippen molar-refractivity contribution in [1.82, 2.24) is 10.1 Å². The molecule has 0 amide bonds. The molecule has 84 valence electrons. The van der Waals surface area contributed by atoms with Crippen molar-refractivity contribution in [2.75, 3.05) is 5.75 Å². The molecule has 0 radical (unpaired) electrons. The van der Waals surface area contributed by atoms with E-state index in [4.69, 9.17) is 4.52 Å². The van der Waals surface area contributed by atoms with Crippen LogP contribution >= 0.6 is 0 Å². The number of nitrogens with zero attached hydrogens (tertiary/aromatic N) is 1. The van der Waals surface area contributed by atoms with Gasteiger partial charge in [0.2, 0.25) is 5.89 Å². The molecule has 1 aliphatic heterocycles. The van der Waals surface area contributed by atoms with E-state index in [1.54, 1.807) is 0 Å². The summed E-state index contributed by atoms with van der Waals surface area (Å²) in [7, 11) is -3.03. The average Bonchev–Trinajstić information content (AvgIpc) is 2.55. The van der Waals surface area contributed by atoms with Gasteiger partial charge in [0.15, 0.2) is 9.84 Å². The van der Waals surface area contributed by atoms with Gasteiger partial charge in [0.25, 0.3) is 0 Å². The number of hydrogen-bond acceptors (Lipinski definition) is 5. The summed E-state index contributed by atoms with van der Waals surface area (Å²) in [5, 5.41) is 1.60. The molecule has 1 atom stereocenters. The largest absolute Gasteiger partial charge is 0.377 e. The van der Waals surface area contributed by atoms with Gasteiger partial charge in [-0.3, -0.25) is 0 Å². The molecule has 1 unspecified atom stereocenters. The van der Waals surface area contributed by atoms with E-state index >= 15 is 0 Å². The maximum absolute atomic E-state index is 11.6. The van der Waals surface area contributed by atoms with Gasteiger partial charge in [-0.1, -0.05) is 6.42 Å². The maximum Gasteiger partial charge on any atom is 0.377 e. The van der Waals surface area contributed by atoms with E-state index in [2.05, 4.69) is 4.98 Å². The second-order valence-electron chi connectivity index (χ2n) is 3.70. The van der Waals surface area contributed by atoms with E-state index in [0.717, 1.165) is 12.8 Å².